The number of tetrazole rings is 1. The fraction of sp³-hybridized carbons (Fsp3) is 0.409. The molecule has 0 spiro atoms. The second-order valence-corrected chi connectivity index (χ2v) is 7.72. The van der Waals surface area contributed by atoms with Crippen molar-refractivity contribution < 1.29 is 4.74 Å². The van der Waals surface area contributed by atoms with Gasteiger partial charge in [-0.25, -0.2) is 0 Å². The lowest BCUT2D eigenvalue weighted by Gasteiger charge is -2.39. The SMILES string of the molecule is COc1cccc(-n2nnnc2C2(NCc3ccccc3)CCC(C)CC2)c1. The van der Waals surface area contributed by atoms with Gasteiger partial charge in [-0.15, -0.1) is 5.10 Å². The van der Waals surface area contributed by atoms with Crippen LogP contribution in [0.5, 0.6) is 5.75 Å². The number of hydrogen-bond acceptors (Lipinski definition) is 5. The zero-order valence-corrected chi connectivity index (χ0v) is 16.5. The average molecular weight is 377 g/mol. The largest absolute Gasteiger partial charge is 0.497 e. The minimum Gasteiger partial charge on any atom is -0.497 e. The lowest BCUT2D eigenvalue weighted by atomic mass is 9.76. The monoisotopic (exact) mass is 377 g/mol. The lowest BCUT2D eigenvalue weighted by Crippen LogP contribution is -2.46. The maximum Gasteiger partial charge on any atom is 0.176 e. The van der Waals surface area contributed by atoms with Gasteiger partial charge in [0, 0.05) is 12.6 Å². The number of nitrogens with one attached hydrogen (secondary N) is 1. The van der Waals surface area contributed by atoms with Gasteiger partial charge in [0.2, 0.25) is 0 Å². The van der Waals surface area contributed by atoms with Crippen molar-refractivity contribution in [3.63, 3.8) is 0 Å². The molecule has 0 amide bonds. The number of aromatic nitrogens is 4. The Balaban J connectivity index is 1.68. The lowest BCUT2D eigenvalue weighted by molar-refractivity contribution is 0.180. The minimum atomic E-state index is -0.241. The molecule has 1 heterocycles. The van der Waals surface area contributed by atoms with Gasteiger partial charge >= 0.3 is 0 Å². The van der Waals surface area contributed by atoms with Gasteiger partial charge in [0.15, 0.2) is 5.82 Å². The molecule has 1 N–H and O–H groups in total. The van der Waals surface area contributed by atoms with Crippen LogP contribution in [-0.4, -0.2) is 27.3 Å². The normalized spacial score (nSPS) is 22.1. The fourth-order valence-electron chi connectivity index (χ4n) is 4.00. The van der Waals surface area contributed by atoms with Crippen LogP contribution in [0.3, 0.4) is 0 Å². The molecule has 0 unspecified atom stereocenters. The van der Waals surface area contributed by atoms with Gasteiger partial charge in [-0.2, -0.15) is 4.68 Å². The smallest absolute Gasteiger partial charge is 0.176 e. The van der Waals surface area contributed by atoms with Crippen molar-refractivity contribution in [3.05, 3.63) is 66.0 Å². The topological polar surface area (TPSA) is 64.9 Å². The predicted molar refractivity (Wildman–Crippen MR) is 108 cm³/mol. The maximum atomic E-state index is 5.39. The van der Waals surface area contributed by atoms with E-state index in [1.165, 1.54) is 5.56 Å². The van der Waals surface area contributed by atoms with Gasteiger partial charge in [0.1, 0.15) is 5.75 Å². The first-order valence-corrected chi connectivity index (χ1v) is 9.92. The highest BCUT2D eigenvalue weighted by Gasteiger charge is 2.40. The Bertz CT molecular complexity index is 900. The molecule has 1 fully saturated rings. The van der Waals surface area contributed by atoms with Crippen LogP contribution in [0, 0.1) is 5.92 Å². The third-order valence-electron chi connectivity index (χ3n) is 5.80. The summed E-state index contributed by atoms with van der Waals surface area (Å²) in [6.45, 7) is 3.12. The summed E-state index contributed by atoms with van der Waals surface area (Å²) in [7, 11) is 1.67. The van der Waals surface area contributed by atoms with Crippen molar-refractivity contribution in [2.75, 3.05) is 7.11 Å². The molecule has 1 aromatic heterocycles. The van der Waals surface area contributed by atoms with E-state index in [2.05, 4.69) is 52.0 Å². The van der Waals surface area contributed by atoms with Crippen LogP contribution in [0.1, 0.15) is 44.0 Å². The molecule has 1 aliphatic carbocycles. The van der Waals surface area contributed by atoms with Gasteiger partial charge in [0.05, 0.1) is 18.3 Å². The molecule has 0 atom stereocenters. The van der Waals surface area contributed by atoms with Gasteiger partial charge in [-0.1, -0.05) is 43.3 Å². The molecule has 0 radical (unpaired) electrons. The molecule has 2 aromatic carbocycles. The van der Waals surface area contributed by atoms with Crippen molar-refractivity contribution in [1.29, 1.82) is 0 Å². The highest BCUT2D eigenvalue weighted by atomic mass is 16.5. The van der Waals surface area contributed by atoms with E-state index >= 15 is 0 Å². The summed E-state index contributed by atoms with van der Waals surface area (Å²) in [4.78, 5) is 0. The number of ether oxygens (including phenoxy) is 1. The average Bonchev–Trinajstić information content (AvgIpc) is 3.25. The van der Waals surface area contributed by atoms with Crippen molar-refractivity contribution in [2.24, 2.45) is 5.92 Å². The predicted octanol–water partition coefficient (Wildman–Crippen LogP) is 3.87. The summed E-state index contributed by atoms with van der Waals surface area (Å²) in [6.07, 6.45) is 4.36. The number of hydrogen-bond donors (Lipinski definition) is 1. The summed E-state index contributed by atoms with van der Waals surface area (Å²) in [5.74, 6) is 2.40. The van der Waals surface area contributed by atoms with Crippen LogP contribution in [0.15, 0.2) is 54.6 Å². The Labute approximate surface area is 165 Å². The second kappa shape index (κ2) is 8.10. The van der Waals surface area contributed by atoms with Crippen molar-refractivity contribution >= 4 is 0 Å². The van der Waals surface area contributed by atoms with Crippen LogP contribution >= 0.6 is 0 Å². The standard InChI is InChI=1S/C22H27N5O/c1-17-11-13-22(14-12-17,23-16-18-7-4-3-5-8-18)21-24-25-26-27(21)19-9-6-10-20(15-19)28-2/h3-10,15,17,23H,11-14,16H2,1-2H3. The van der Waals surface area contributed by atoms with Crippen molar-refractivity contribution in [3.8, 4) is 11.4 Å². The molecule has 146 valence electrons. The molecular weight excluding hydrogens is 350 g/mol. The number of methoxy groups -OCH3 is 1. The van der Waals surface area contributed by atoms with E-state index in [1.54, 1.807) is 7.11 Å². The third kappa shape index (κ3) is 3.78. The summed E-state index contributed by atoms with van der Waals surface area (Å²) in [5, 5.41) is 16.6. The van der Waals surface area contributed by atoms with Crippen LogP contribution in [0.4, 0.5) is 0 Å². The molecule has 0 bridgehead atoms. The maximum absolute atomic E-state index is 5.39. The van der Waals surface area contributed by atoms with Gasteiger partial charge in [0.25, 0.3) is 0 Å². The van der Waals surface area contributed by atoms with E-state index in [-0.39, 0.29) is 5.54 Å². The van der Waals surface area contributed by atoms with Crippen LogP contribution in [-0.2, 0) is 12.1 Å². The van der Waals surface area contributed by atoms with E-state index in [1.807, 2.05) is 35.0 Å². The first-order valence-electron chi connectivity index (χ1n) is 9.92. The van der Waals surface area contributed by atoms with Crippen LogP contribution < -0.4 is 10.1 Å². The quantitative estimate of drug-likeness (QED) is 0.706. The number of benzene rings is 2. The fourth-order valence-corrected chi connectivity index (χ4v) is 4.00. The molecule has 4 rings (SSSR count). The van der Waals surface area contributed by atoms with Crippen LogP contribution in [0.25, 0.3) is 5.69 Å². The molecule has 28 heavy (non-hydrogen) atoms. The Morgan fingerprint density at radius 1 is 1.11 bits per heavy atom. The number of nitrogens with zero attached hydrogens (tertiary/aromatic N) is 4. The first-order chi connectivity index (χ1) is 13.7. The number of rotatable bonds is 6. The Hall–Kier alpha value is -2.73. The summed E-state index contributed by atoms with van der Waals surface area (Å²) >= 11 is 0. The first kappa shape index (κ1) is 18.6. The van der Waals surface area contributed by atoms with Crippen molar-refractivity contribution in [2.45, 2.75) is 44.7 Å². The zero-order valence-electron chi connectivity index (χ0n) is 16.5. The van der Waals surface area contributed by atoms with Gasteiger partial charge < -0.3 is 10.1 Å². The van der Waals surface area contributed by atoms with E-state index in [0.717, 1.165) is 55.4 Å². The molecular formula is C22H27N5O. The summed E-state index contributed by atoms with van der Waals surface area (Å²) < 4.78 is 7.24. The Morgan fingerprint density at radius 2 is 1.89 bits per heavy atom. The van der Waals surface area contributed by atoms with Gasteiger partial charge in [-0.05, 0) is 59.7 Å². The molecule has 6 nitrogen and oxygen atoms in total. The molecule has 1 aliphatic rings. The van der Waals surface area contributed by atoms with Crippen LogP contribution in [0.2, 0.25) is 0 Å². The van der Waals surface area contributed by atoms with E-state index in [0.29, 0.717) is 0 Å². The molecule has 3 aromatic rings. The Morgan fingerprint density at radius 3 is 2.64 bits per heavy atom. The molecule has 0 aliphatic heterocycles. The highest BCUT2D eigenvalue weighted by molar-refractivity contribution is 5.39. The van der Waals surface area contributed by atoms with E-state index in [4.69, 9.17) is 4.74 Å². The van der Waals surface area contributed by atoms with Crippen molar-refractivity contribution in [1.82, 2.24) is 25.5 Å². The second-order valence-electron chi connectivity index (χ2n) is 7.72. The Kier molecular flexibility index (Phi) is 5.39. The minimum absolute atomic E-state index is 0.241. The third-order valence-corrected chi connectivity index (χ3v) is 5.80. The zero-order chi connectivity index (χ0) is 19.4. The highest BCUT2D eigenvalue weighted by Crippen LogP contribution is 2.39. The van der Waals surface area contributed by atoms with Gasteiger partial charge in [-0.3, -0.25) is 0 Å². The van der Waals surface area contributed by atoms with E-state index < -0.39 is 0 Å². The molecule has 1 saturated carbocycles. The summed E-state index contributed by atoms with van der Waals surface area (Å²) in [6, 6.07) is 18.4. The molecule has 6 heteroatoms. The summed E-state index contributed by atoms with van der Waals surface area (Å²) in [5.41, 5.74) is 1.94. The van der Waals surface area contributed by atoms with E-state index in [9.17, 15) is 0 Å². The molecule has 0 saturated heterocycles.